The molecular formula is C9H12S. The Hall–Kier alpha value is -0.430. The Kier molecular flexibility index (Phi) is 3.37. The molecule has 0 aromatic rings. The molecule has 0 saturated heterocycles. The largest absolute Gasteiger partial charge is 0.153 e. The van der Waals surface area contributed by atoms with Gasteiger partial charge >= 0.3 is 0 Å². The highest BCUT2D eigenvalue weighted by atomic mass is 32.2. The van der Waals surface area contributed by atoms with Crippen LogP contribution in [0.1, 0.15) is 6.42 Å². The fraction of sp³-hybridized carbons (Fsp3) is 0.333. The molecule has 0 amide bonds. The zero-order valence-corrected chi connectivity index (χ0v) is 6.86. The van der Waals surface area contributed by atoms with E-state index in [0.29, 0.717) is 0 Å². The van der Waals surface area contributed by atoms with Gasteiger partial charge in [0.15, 0.2) is 0 Å². The van der Waals surface area contributed by atoms with Crippen LogP contribution in [-0.4, -0.2) is 11.5 Å². The lowest BCUT2D eigenvalue weighted by molar-refractivity contribution is 1.26. The number of rotatable bonds is 4. The molecule has 0 saturated carbocycles. The monoisotopic (exact) mass is 152 g/mol. The smallest absolute Gasteiger partial charge is 0.0152 e. The Labute approximate surface area is 66.7 Å². The maximum absolute atomic E-state index is 3.67. The maximum atomic E-state index is 3.67. The normalized spacial score (nSPS) is 15.4. The van der Waals surface area contributed by atoms with E-state index in [1.807, 2.05) is 17.8 Å². The predicted molar refractivity (Wildman–Crippen MR) is 49.4 cm³/mol. The van der Waals surface area contributed by atoms with Crippen LogP contribution in [0.15, 0.2) is 36.5 Å². The minimum absolute atomic E-state index is 1.07. The highest BCUT2D eigenvalue weighted by Crippen LogP contribution is 2.15. The fourth-order valence-corrected chi connectivity index (χ4v) is 1.63. The van der Waals surface area contributed by atoms with Crippen molar-refractivity contribution in [2.75, 3.05) is 11.5 Å². The van der Waals surface area contributed by atoms with Crippen molar-refractivity contribution in [1.82, 2.24) is 0 Å². The van der Waals surface area contributed by atoms with Gasteiger partial charge in [-0.1, -0.05) is 29.9 Å². The van der Waals surface area contributed by atoms with E-state index in [0.717, 1.165) is 12.2 Å². The van der Waals surface area contributed by atoms with E-state index in [2.05, 4.69) is 24.8 Å². The van der Waals surface area contributed by atoms with Crippen molar-refractivity contribution in [3.63, 3.8) is 0 Å². The zero-order chi connectivity index (χ0) is 7.23. The summed E-state index contributed by atoms with van der Waals surface area (Å²) in [5, 5.41) is 0. The SMILES string of the molecule is C=CCSCC1=CC=CC1. The lowest BCUT2D eigenvalue weighted by Crippen LogP contribution is -1.83. The second-order valence-corrected chi connectivity index (χ2v) is 3.29. The van der Waals surface area contributed by atoms with E-state index in [4.69, 9.17) is 0 Å². The molecule has 0 radical (unpaired) electrons. The Balaban J connectivity index is 2.09. The average Bonchev–Trinajstić information content (AvgIpc) is 2.41. The quantitative estimate of drug-likeness (QED) is 0.441. The van der Waals surface area contributed by atoms with Gasteiger partial charge in [-0.3, -0.25) is 0 Å². The molecule has 0 aromatic heterocycles. The number of thioether (sulfide) groups is 1. The van der Waals surface area contributed by atoms with Gasteiger partial charge in [-0.15, -0.1) is 6.58 Å². The highest BCUT2D eigenvalue weighted by molar-refractivity contribution is 7.99. The number of hydrogen-bond acceptors (Lipinski definition) is 1. The number of allylic oxidation sites excluding steroid dienone is 3. The van der Waals surface area contributed by atoms with E-state index in [1.165, 1.54) is 11.3 Å². The zero-order valence-electron chi connectivity index (χ0n) is 6.05. The van der Waals surface area contributed by atoms with Crippen LogP contribution in [0.25, 0.3) is 0 Å². The second kappa shape index (κ2) is 4.40. The summed E-state index contributed by atoms with van der Waals surface area (Å²) in [5.74, 6) is 2.23. The average molecular weight is 152 g/mol. The van der Waals surface area contributed by atoms with E-state index >= 15 is 0 Å². The third-order valence-electron chi connectivity index (χ3n) is 1.37. The second-order valence-electron chi connectivity index (χ2n) is 2.26. The first-order valence-corrected chi connectivity index (χ1v) is 4.62. The Morgan fingerprint density at radius 1 is 1.70 bits per heavy atom. The van der Waals surface area contributed by atoms with Gasteiger partial charge < -0.3 is 0 Å². The van der Waals surface area contributed by atoms with Crippen molar-refractivity contribution in [2.24, 2.45) is 0 Å². The van der Waals surface area contributed by atoms with Crippen LogP contribution in [0, 0.1) is 0 Å². The van der Waals surface area contributed by atoms with Crippen molar-refractivity contribution in [1.29, 1.82) is 0 Å². The Morgan fingerprint density at radius 3 is 3.20 bits per heavy atom. The lowest BCUT2D eigenvalue weighted by Gasteiger charge is -1.97. The highest BCUT2D eigenvalue weighted by Gasteiger charge is 1.97. The summed E-state index contributed by atoms with van der Waals surface area (Å²) in [6.07, 6.45) is 9.64. The molecule has 10 heavy (non-hydrogen) atoms. The van der Waals surface area contributed by atoms with Gasteiger partial charge in [-0.05, 0) is 6.42 Å². The van der Waals surface area contributed by atoms with Crippen molar-refractivity contribution in [2.45, 2.75) is 6.42 Å². The van der Waals surface area contributed by atoms with Gasteiger partial charge in [0.25, 0.3) is 0 Å². The molecule has 0 bridgehead atoms. The van der Waals surface area contributed by atoms with E-state index in [9.17, 15) is 0 Å². The minimum atomic E-state index is 1.07. The molecule has 1 aliphatic carbocycles. The molecule has 0 spiro atoms. The first-order valence-electron chi connectivity index (χ1n) is 3.46. The van der Waals surface area contributed by atoms with E-state index in [1.54, 1.807) is 0 Å². The Morgan fingerprint density at radius 2 is 2.60 bits per heavy atom. The topological polar surface area (TPSA) is 0 Å². The summed E-state index contributed by atoms with van der Waals surface area (Å²) in [5.41, 5.74) is 1.53. The first-order chi connectivity index (χ1) is 4.93. The Bertz CT molecular complexity index is 166. The van der Waals surface area contributed by atoms with Crippen molar-refractivity contribution in [3.8, 4) is 0 Å². The third kappa shape index (κ3) is 2.44. The molecule has 0 fully saturated rings. The summed E-state index contributed by atoms with van der Waals surface area (Å²) in [6, 6.07) is 0. The van der Waals surface area contributed by atoms with Gasteiger partial charge in [0.1, 0.15) is 0 Å². The van der Waals surface area contributed by atoms with Gasteiger partial charge in [-0.2, -0.15) is 11.8 Å². The standard InChI is InChI=1S/C9H12S/c1-2-7-10-8-9-5-3-4-6-9/h2-5H,1,6-8H2. The molecule has 0 unspecified atom stereocenters. The molecule has 1 rings (SSSR count). The maximum Gasteiger partial charge on any atom is 0.0152 e. The minimum Gasteiger partial charge on any atom is -0.153 e. The van der Waals surface area contributed by atoms with Crippen LogP contribution in [0.3, 0.4) is 0 Å². The molecule has 0 heterocycles. The van der Waals surface area contributed by atoms with Crippen LogP contribution in [-0.2, 0) is 0 Å². The predicted octanol–water partition coefficient (Wildman–Crippen LogP) is 2.79. The van der Waals surface area contributed by atoms with Crippen LogP contribution in [0.5, 0.6) is 0 Å². The van der Waals surface area contributed by atoms with Crippen LogP contribution >= 0.6 is 11.8 Å². The summed E-state index contributed by atoms with van der Waals surface area (Å²) in [6.45, 7) is 3.67. The van der Waals surface area contributed by atoms with Crippen LogP contribution in [0.2, 0.25) is 0 Å². The van der Waals surface area contributed by atoms with Crippen molar-refractivity contribution >= 4 is 11.8 Å². The first kappa shape index (κ1) is 7.67. The summed E-state index contributed by atoms with van der Waals surface area (Å²) in [4.78, 5) is 0. The van der Waals surface area contributed by atoms with Gasteiger partial charge in [0.05, 0.1) is 0 Å². The van der Waals surface area contributed by atoms with E-state index < -0.39 is 0 Å². The van der Waals surface area contributed by atoms with Gasteiger partial charge in [0, 0.05) is 11.5 Å². The molecule has 0 aliphatic heterocycles. The molecule has 1 heteroatoms. The fourth-order valence-electron chi connectivity index (χ4n) is 0.872. The lowest BCUT2D eigenvalue weighted by atomic mass is 10.3. The summed E-state index contributed by atoms with van der Waals surface area (Å²) >= 11 is 1.92. The molecule has 0 atom stereocenters. The van der Waals surface area contributed by atoms with Gasteiger partial charge in [0.2, 0.25) is 0 Å². The van der Waals surface area contributed by atoms with Crippen LogP contribution in [0.4, 0.5) is 0 Å². The summed E-state index contributed by atoms with van der Waals surface area (Å²) < 4.78 is 0. The molecule has 0 nitrogen and oxygen atoms in total. The molecule has 0 aromatic carbocycles. The van der Waals surface area contributed by atoms with Crippen molar-refractivity contribution in [3.05, 3.63) is 36.5 Å². The molecule has 1 aliphatic rings. The molecular weight excluding hydrogens is 140 g/mol. The molecule has 54 valence electrons. The number of hydrogen-bond donors (Lipinski definition) is 0. The third-order valence-corrected chi connectivity index (χ3v) is 2.42. The van der Waals surface area contributed by atoms with Crippen LogP contribution < -0.4 is 0 Å². The van der Waals surface area contributed by atoms with Crippen molar-refractivity contribution < 1.29 is 0 Å². The van der Waals surface area contributed by atoms with E-state index in [-0.39, 0.29) is 0 Å². The molecule has 0 N–H and O–H groups in total. The van der Waals surface area contributed by atoms with Gasteiger partial charge in [-0.25, -0.2) is 0 Å². The summed E-state index contributed by atoms with van der Waals surface area (Å²) in [7, 11) is 0.